The zero-order valence-electron chi connectivity index (χ0n) is 16.1. The number of rotatable bonds is 3. The van der Waals surface area contributed by atoms with Crippen molar-refractivity contribution in [2.45, 2.75) is 13.0 Å². The van der Waals surface area contributed by atoms with Gasteiger partial charge in [-0.3, -0.25) is 9.36 Å². The molecule has 5 nitrogen and oxygen atoms in total. The Hall–Kier alpha value is -2.67. The number of ether oxygens (including phenoxy) is 1. The normalized spacial score (nSPS) is 16.3. The summed E-state index contributed by atoms with van der Waals surface area (Å²) in [6.45, 7) is 1.75. The Balaban J connectivity index is 1.97. The zero-order chi connectivity index (χ0) is 21.4. The number of esters is 1. The number of thiazole rings is 1. The summed E-state index contributed by atoms with van der Waals surface area (Å²) in [5.74, 6) is -0.510. The fourth-order valence-electron chi connectivity index (χ4n) is 3.40. The van der Waals surface area contributed by atoms with Gasteiger partial charge in [0.05, 0.1) is 39.0 Å². The number of allylic oxidation sites excluding steroid dienone is 1. The molecule has 0 saturated carbocycles. The zero-order valence-corrected chi connectivity index (χ0v) is 18.4. The van der Waals surface area contributed by atoms with Crippen molar-refractivity contribution in [3.05, 3.63) is 101 Å². The molecule has 4 rings (SSSR count). The fraction of sp³-hybridized carbons (Fsp3) is 0.136. The molecule has 3 aromatic rings. The van der Waals surface area contributed by atoms with Crippen LogP contribution in [0.1, 0.15) is 24.1 Å². The van der Waals surface area contributed by atoms with Crippen LogP contribution in [0.15, 0.2) is 69.6 Å². The predicted octanol–water partition coefficient (Wildman–Crippen LogP) is 3.72. The maximum Gasteiger partial charge on any atom is 0.338 e. The maximum atomic E-state index is 13.4. The smallest absolute Gasteiger partial charge is 0.338 e. The Morgan fingerprint density at radius 1 is 1.17 bits per heavy atom. The van der Waals surface area contributed by atoms with Crippen molar-refractivity contribution in [2.24, 2.45) is 4.99 Å². The first kappa shape index (κ1) is 20.6. The van der Waals surface area contributed by atoms with E-state index in [0.29, 0.717) is 30.6 Å². The SMILES string of the molecule is COC(=O)C1=C(C)N=c2s/c(=C\c3ccc(Cl)c(Cl)c3)c(=O)n2[C@H]1c1ccccc1. The van der Waals surface area contributed by atoms with Gasteiger partial charge in [-0.1, -0.05) is 70.9 Å². The predicted molar refractivity (Wildman–Crippen MR) is 119 cm³/mol. The minimum Gasteiger partial charge on any atom is -0.466 e. The van der Waals surface area contributed by atoms with Crippen LogP contribution < -0.4 is 14.9 Å². The molecule has 0 amide bonds. The molecule has 1 atom stereocenters. The van der Waals surface area contributed by atoms with E-state index in [9.17, 15) is 9.59 Å². The summed E-state index contributed by atoms with van der Waals surface area (Å²) in [5, 5.41) is 0.849. The molecule has 8 heteroatoms. The van der Waals surface area contributed by atoms with Gasteiger partial charge in [-0.15, -0.1) is 0 Å². The molecule has 0 fully saturated rings. The lowest BCUT2D eigenvalue weighted by atomic mass is 9.96. The van der Waals surface area contributed by atoms with E-state index in [2.05, 4.69) is 4.99 Å². The molecule has 0 N–H and O–H groups in total. The van der Waals surface area contributed by atoms with E-state index in [1.165, 1.54) is 18.4 Å². The van der Waals surface area contributed by atoms with Gasteiger partial charge in [0.2, 0.25) is 0 Å². The molecule has 30 heavy (non-hydrogen) atoms. The fourth-order valence-corrected chi connectivity index (χ4v) is 4.75. The first-order valence-electron chi connectivity index (χ1n) is 9.01. The van der Waals surface area contributed by atoms with Crippen molar-refractivity contribution >= 4 is 46.6 Å². The third-order valence-corrected chi connectivity index (χ3v) is 6.51. The van der Waals surface area contributed by atoms with E-state index >= 15 is 0 Å². The minimum absolute atomic E-state index is 0.243. The number of carbonyl (C=O) groups is 1. The van der Waals surface area contributed by atoms with Crippen LogP contribution in [-0.4, -0.2) is 17.6 Å². The Morgan fingerprint density at radius 3 is 2.57 bits per heavy atom. The number of halogens is 2. The lowest BCUT2D eigenvalue weighted by molar-refractivity contribution is -0.136. The van der Waals surface area contributed by atoms with Crippen molar-refractivity contribution < 1.29 is 9.53 Å². The van der Waals surface area contributed by atoms with Crippen molar-refractivity contribution in [1.82, 2.24) is 4.57 Å². The molecule has 152 valence electrons. The topological polar surface area (TPSA) is 60.7 Å². The molecule has 2 heterocycles. The molecule has 2 aromatic carbocycles. The summed E-state index contributed by atoms with van der Waals surface area (Å²) >= 11 is 13.3. The third-order valence-electron chi connectivity index (χ3n) is 4.78. The summed E-state index contributed by atoms with van der Waals surface area (Å²) in [5.41, 5.74) is 2.17. The average Bonchev–Trinajstić information content (AvgIpc) is 3.04. The summed E-state index contributed by atoms with van der Waals surface area (Å²) in [4.78, 5) is 31.0. The Kier molecular flexibility index (Phi) is 5.64. The number of benzene rings is 2. The molecule has 0 bridgehead atoms. The first-order chi connectivity index (χ1) is 14.4. The molecular formula is C22H16Cl2N2O3S. The summed E-state index contributed by atoms with van der Waals surface area (Å²) in [6.07, 6.45) is 1.74. The largest absolute Gasteiger partial charge is 0.466 e. The highest BCUT2D eigenvalue weighted by atomic mass is 35.5. The standard InChI is InChI=1S/C22H16Cl2N2O3S/c1-12-18(21(28)29-2)19(14-6-4-3-5-7-14)26-20(27)17(30-22(26)25-12)11-13-8-9-15(23)16(24)10-13/h3-11,19H,1-2H3/b17-11-/t19-/m0/s1. The Morgan fingerprint density at radius 2 is 1.90 bits per heavy atom. The molecule has 1 aliphatic rings. The number of aromatic nitrogens is 1. The highest BCUT2D eigenvalue weighted by Gasteiger charge is 2.32. The van der Waals surface area contributed by atoms with Crippen molar-refractivity contribution in [2.75, 3.05) is 7.11 Å². The molecule has 0 spiro atoms. The van der Waals surface area contributed by atoms with Gasteiger partial charge in [0.1, 0.15) is 0 Å². The molecule has 1 aliphatic heterocycles. The number of methoxy groups -OCH3 is 1. The van der Waals surface area contributed by atoms with Gasteiger partial charge < -0.3 is 4.74 Å². The van der Waals surface area contributed by atoms with Crippen molar-refractivity contribution in [3.8, 4) is 0 Å². The van der Waals surface area contributed by atoms with Gasteiger partial charge >= 0.3 is 5.97 Å². The Labute approximate surface area is 186 Å². The summed E-state index contributed by atoms with van der Waals surface area (Å²) in [7, 11) is 1.32. The second kappa shape index (κ2) is 8.22. The first-order valence-corrected chi connectivity index (χ1v) is 10.6. The van der Waals surface area contributed by atoms with Gasteiger partial charge in [-0.2, -0.15) is 0 Å². The van der Waals surface area contributed by atoms with E-state index in [1.54, 1.807) is 35.8 Å². The highest BCUT2D eigenvalue weighted by molar-refractivity contribution is 7.07. The van der Waals surface area contributed by atoms with Crippen molar-refractivity contribution in [3.63, 3.8) is 0 Å². The van der Waals surface area contributed by atoms with E-state index in [0.717, 1.165) is 11.1 Å². The molecule has 0 radical (unpaired) electrons. The number of nitrogens with zero attached hydrogens (tertiary/aromatic N) is 2. The van der Waals surface area contributed by atoms with Crippen LogP contribution >= 0.6 is 34.5 Å². The molecule has 0 aliphatic carbocycles. The van der Waals surface area contributed by atoms with E-state index in [1.807, 2.05) is 30.3 Å². The lowest BCUT2D eigenvalue weighted by Gasteiger charge is -2.24. The van der Waals surface area contributed by atoms with Crippen LogP contribution in [0.5, 0.6) is 0 Å². The van der Waals surface area contributed by atoms with E-state index in [4.69, 9.17) is 27.9 Å². The summed E-state index contributed by atoms with van der Waals surface area (Å²) in [6, 6.07) is 13.9. The second-order valence-electron chi connectivity index (χ2n) is 6.66. The quantitative estimate of drug-likeness (QED) is 0.561. The van der Waals surface area contributed by atoms with Crippen LogP contribution in [0.4, 0.5) is 0 Å². The summed E-state index contributed by atoms with van der Waals surface area (Å²) < 4.78 is 7.01. The monoisotopic (exact) mass is 458 g/mol. The molecule has 0 saturated heterocycles. The Bertz CT molecular complexity index is 1360. The second-order valence-corrected chi connectivity index (χ2v) is 8.48. The minimum atomic E-state index is -0.620. The number of hydrogen-bond acceptors (Lipinski definition) is 5. The van der Waals surface area contributed by atoms with Gasteiger partial charge in [-0.05, 0) is 36.3 Å². The van der Waals surface area contributed by atoms with Crippen molar-refractivity contribution in [1.29, 1.82) is 0 Å². The number of fused-ring (bicyclic) bond motifs is 1. The molecular weight excluding hydrogens is 443 g/mol. The van der Waals surface area contributed by atoms with Crippen LogP contribution in [0.2, 0.25) is 10.0 Å². The van der Waals surface area contributed by atoms with Gasteiger partial charge in [-0.25, -0.2) is 9.79 Å². The average molecular weight is 459 g/mol. The van der Waals surface area contributed by atoms with Gasteiger partial charge in [0.25, 0.3) is 5.56 Å². The number of carbonyl (C=O) groups excluding carboxylic acids is 1. The van der Waals surface area contributed by atoms with Gasteiger partial charge in [0, 0.05) is 0 Å². The van der Waals surface area contributed by atoms with Crippen LogP contribution in [-0.2, 0) is 9.53 Å². The molecule has 1 aromatic heterocycles. The lowest BCUT2D eigenvalue weighted by Crippen LogP contribution is -2.39. The number of hydrogen-bond donors (Lipinski definition) is 0. The van der Waals surface area contributed by atoms with Gasteiger partial charge in [0.15, 0.2) is 4.80 Å². The molecule has 0 unspecified atom stereocenters. The van der Waals surface area contributed by atoms with Crippen LogP contribution in [0.25, 0.3) is 6.08 Å². The highest BCUT2D eigenvalue weighted by Crippen LogP contribution is 2.30. The van der Waals surface area contributed by atoms with Crippen LogP contribution in [0, 0.1) is 0 Å². The van der Waals surface area contributed by atoms with E-state index < -0.39 is 12.0 Å². The third kappa shape index (κ3) is 3.62. The van der Waals surface area contributed by atoms with E-state index in [-0.39, 0.29) is 5.56 Å². The van der Waals surface area contributed by atoms with Crippen LogP contribution in [0.3, 0.4) is 0 Å². The maximum absolute atomic E-state index is 13.4.